The van der Waals surface area contributed by atoms with Gasteiger partial charge in [0, 0.05) is 25.9 Å². The fourth-order valence-corrected chi connectivity index (χ4v) is 4.54. The Morgan fingerprint density at radius 1 is 1.19 bits per heavy atom. The van der Waals surface area contributed by atoms with Gasteiger partial charge in [-0.15, -0.1) is 0 Å². The Labute approximate surface area is 182 Å². The van der Waals surface area contributed by atoms with Gasteiger partial charge in [0.15, 0.2) is 11.7 Å². The molecule has 3 atom stereocenters. The van der Waals surface area contributed by atoms with E-state index in [2.05, 4.69) is 4.98 Å². The predicted molar refractivity (Wildman–Crippen MR) is 115 cm³/mol. The Hall–Kier alpha value is -2.90. The van der Waals surface area contributed by atoms with Gasteiger partial charge in [0.1, 0.15) is 5.52 Å². The molecule has 31 heavy (non-hydrogen) atoms. The lowest BCUT2D eigenvalue weighted by Gasteiger charge is -2.34. The number of carbonyl (C=O) groups is 3. The van der Waals surface area contributed by atoms with E-state index in [1.165, 1.54) is 6.42 Å². The van der Waals surface area contributed by atoms with E-state index in [0.717, 1.165) is 25.7 Å². The van der Waals surface area contributed by atoms with Gasteiger partial charge in [0.05, 0.1) is 0 Å². The van der Waals surface area contributed by atoms with Gasteiger partial charge >= 0.3 is 6.09 Å². The molecular weight excluding hydrogens is 398 g/mol. The Kier molecular flexibility index (Phi) is 7.30. The number of para-hydroxylation sites is 2. The number of hydrogen-bond donors (Lipinski definition) is 1. The van der Waals surface area contributed by atoms with Crippen molar-refractivity contribution in [2.45, 2.75) is 51.6 Å². The minimum atomic E-state index is -1.17. The van der Waals surface area contributed by atoms with E-state index < -0.39 is 23.9 Å². The van der Waals surface area contributed by atoms with Gasteiger partial charge in [-0.25, -0.2) is 9.78 Å². The maximum atomic E-state index is 13.2. The molecule has 2 amide bonds. The number of oxazole rings is 1. The molecule has 1 aliphatic carbocycles. The Balaban J connectivity index is 1.84. The number of Topliss-reactive ketones (excluding diaryl/α,β-unsaturated/α-hetero) is 1. The van der Waals surface area contributed by atoms with Crippen LogP contribution < -0.4 is 5.73 Å². The highest BCUT2D eigenvalue weighted by Crippen LogP contribution is 2.36. The van der Waals surface area contributed by atoms with Crippen molar-refractivity contribution < 1.29 is 23.5 Å². The Morgan fingerprint density at radius 3 is 2.48 bits per heavy atom. The summed E-state index contributed by atoms with van der Waals surface area (Å²) in [6.07, 6.45) is 3.53. The van der Waals surface area contributed by atoms with Gasteiger partial charge < -0.3 is 19.8 Å². The standard InChI is InChI=1S/C23H31N3O5/c1-14(13-16(22(28)26(2)3)15-9-5-4-6-10-15)20(31-23(24)29)19(27)21-25-17-11-7-8-12-18(17)30-21/h7-8,11-12,14-16,20H,4-6,9-10,13H2,1-3H3,(H2,24,29)/t14?,16?,20-/m0/s1. The number of ketones is 1. The fourth-order valence-electron chi connectivity index (χ4n) is 4.54. The number of rotatable bonds is 8. The average Bonchev–Trinajstić information content (AvgIpc) is 3.19. The van der Waals surface area contributed by atoms with Crippen molar-refractivity contribution in [3.8, 4) is 0 Å². The molecule has 1 aliphatic rings. The van der Waals surface area contributed by atoms with Crippen molar-refractivity contribution in [1.82, 2.24) is 9.88 Å². The maximum absolute atomic E-state index is 13.2. The third-order valence-electron chi connectivity index (χ3n) is 6.13. The number of primary amides is 1. The van der Waals surface area contributed by atoms with Crippen molar-refractivity contribution in [2.75, 3.05) is 14.1 Å². The van der Waals surface area contributed by atoms with Crippen LogP contribution in [0.25, 0.3) is 11.1 Å². The minimum Gasteiger partial charge on any atom is -0.437 e. The normalized spacial score (nSPS) is 17.6. The van der Waals surface area contributed by atoms with Crippen LogP contribution in [0.3, 0.4) is 0 Å². The minimum absolute atomic E-state index is 0.0332. The number of hydrogen-bond acceptors (Lipinski definition) is 6. The third-order valence-corrected chi connectivity index (χ3v) is 6.13. The van der Waals surface area contributed by atoms with E-state index in [4.69, 9.17) is 14.9 Å². The molecule has 3 rings (SSSR count). The van der Waals surface area contributed by atoms with Gasteiger partial charge in [-0.2, -0.15) is 0 Å². The second-order valence-electron chi connectivity index (χ2n) is 8.66. The zero-order valence-corrected chi connectivity index (χ0v) is 18.4. The summed E-state index contributed by atoms with van der Waals surface area (Å²) in [7, 11) is 3.48. The molecule has 8 heteroatoms. The van der Waals surface area contributed by atoms with Gasteiger partial charge in [0.2, 0.25) is 5.91 Å². The molecule has 0 radical (unpaired) electrons. The summed E-state index contributed by atoms with van der Waals surface area (Å²) in [5.74, 6) is -1.09. The molecule has 2 unspecified atom stereocenters. The van der Waals surface area contributed by atoms with Crippen LogP contribution in [0.2, 0.25) is 0 Å². The second kappa shape index (κ2) is 9.94. The first kappa shape index (κ1) is 22.8. The summed E-state index contributed by atoms with van der Waals surface area (Å²) >= 11 is 0. The molecule has 1 aromatic carbocycles. The third kappa shape index (κ3) is 5.42. The molecule has 1 saturated carbocycles. The van der Waals surface area contributed by atoms with E-state index in [-0.39, 0.29) is 23.6 Å². The van der Waals surface area contributed by atoms with Crippen LogP contribution in [-0.4, -0.2) is 47.9 Å². The highest BCUT2D eigenvalue weighted by Gasteiger charge is 2.38. The lowest BCUT2D eigenvalue weighted by molar-refractivity contribution is -0.136. The van der Waals surface area contributed by atoms with Crippen molar-refractivity contribution in [3.63, 3.8) is 0 Å². The number of nitrogens with zero attached hydrogens (tertiary/aromatic N) is 2. The van der Waals surface area contributed by atoms with Crippen molar-refractivity contribution >= 4 is 28.9 Å². The summed E-state index contributed by atoms with van der Waals surface area (Å²) in [6.45, 7) is 1.80. The smallest absolute Gasteiger partial charge is 0.405 e. The molecule has 2 aromatic rings. The van der Waals surface area contributed by atoms with Crippen LogP contribution in [0, 0.1) is 17.8 Å². The number of benzene rings is 1. The summed E-state index contributed by atoms with van der Waals surface area (Å²) in [6, 6.07) is 7.02. The first-order valence-corrected chi connectivity index (χ1v) is 10.8. The second-order valence-corrected chi connectivity index (χ2v) is 8.66. The summed E-state index contributed by atoms with van der Waals surface area (Å²) in [4.78, 5) is 43.5. The van der Waals surface area contributed by atoms with Gasteiger partial charge in [-0.3, -0.25) is 9.59 Å². The summed E-state index contributed by atoms with van der Waals surface area (Å²) in [5, 5.41) is 0. The first-order valence-electron chi connectivity index (χ1n) is 10.8. The number of amides is 2. The highest BCUT2D eigenvalue weighted by atomic mass is 16.6. The molecule has 1 aromatic heterocycles. The number of ether oxygens (including phenoxy) is 1. The van der Waals surface area contributed by atoms with Crippen LogP contribution >= 0.6 is 0 Å². The van der Waals surface area contributed by atoms with E-state index in [9.17, 15) is 14.4 Å². The fraction of sp³-hybridized carbons (Fsp3) is 0.565. The SMILES string of the molecule is CC(CC(C(=O)N(C)C)C1CCCCC1)[C@H](OC(N)=O)C(=O)c1nc2ccccc2o1. The number of aromatic nitrogens is 1. The van der Waals surface area contributed by atoms with Crippen LogP contribution in [0.1, 0.15) is 56.1 Å². The van der Waals surface area contributed by atoms with Gasteiger partial charge in [0.25, 0.3) is 11.7 Å². The molecule has 2 N–H and O–H groups in total. The lowest BCUT2D eigenvalue weighted by atomic mass is 9.74. The topological polar surface area (TPSA) is 116 Å². The number of nitrogens with two attached hydrogens (primary N) is 1. The van der Waals surface area contributed by atoms with Crippen LogP contribution in [0.15, 0.2) is 28.7 Å². The van der Waals surface area contributed by atoms with Gasteiger partial charge in [-0.1, -0.05) is 38.3 Å². The molecule has 0 spiro atoms. The maximum Gasteiger partial charge on any atom is 0.405 e. The van der Waals surface area contributed by atoms with Gasteiger partial charge in [-0.05, 0) is 37.3 Å². The van der Waals surface area contributed by atoms with E-state index in [1.807, 2.05) is 0 Å². The number of carbonyl (C=O) groups excluding carboxylic acids is 3. The molecule has 1 fully saturated rings. The molecule has 8 nitrogen and oxygen atoms in total. The Morgan fingerprint density at radius 2 is 1.87 bits per heavy atom. The molecule has 0 aliphatic heterocycles. The summed E-state index contributed by atoms with van der Waals surface area (Å²) < 4.78 is 10.8. The van der Waals surface area contributed by atoms with Crippen molar-refractivity contribution in [1.29, 1.82) is 0 Å². The zero-order valence-electron chi connectivity index (χ0n) is 18.4. The highest BCUT2D eigenvalue weighted by molar-refractivity contribution is 5.98. The molecule has 168 valence electrons. The quantitative estimate of drug-likeness (QED) is 0.638. The number of fused-ring (bicyclic) bond motifs is 1. The molecule has 1 heterocycles. The largest absolute Gasteiger partial charge is 0.437 e. The van der Waals surface area contributed by atoms with E-state index >= 15 is 0 Å². The monoisotopic (exact) mass is 429 g/mol. The van der Waals surface area contributed by atoms with Crippen LogP contribution in [0.4, 0.5) is 4.79 Å². The predicted octanol–water partition coefficient (Wildman–Crippen LogP) is 3.79. The van der Waals surface area contributed by atoms with E-state index in [0.29, 0.717) is 17.5 Å². The zero-order chi connectivity index (χ0) is 22.5. The molecular formula is C23H31N3O5. The molecule has 0 saturated heterocycles. The van der Waals surface area contributed by atoms with E-state index in [1.54, 1.807) is 50.2 Å². The first-order chi connectivity index (χ1) is 14.8. The van der Waals surface area contributed by atoms with Crippen molar-refractivity contribution in [3.05, 3.63) is 30.2 Å². The lowest BCUT2D eigenvalue weighted by Crippen LogP contribution is -2.41. The Bertz CT molecular complexity index is 899. The molecule has 0 bridgehead atoms. The average molecular weight is 430 g/mol. The summed E-state index contributed by atoms with van der Waals surface area (Å²) in [5.41, 5.74) is 6.28. The van der Waals surface area contributed by atoms with Crippen molar-refractivity contribution in [2.24, 2.45) is 23.5 Å². The van der Waals surface area contributed by atoms with Crippen LogP contribution in [0.5, 0.6) is 0 Å². The van der Waals surface area contributed by atoms with Crippen LogP contribution in [-0.2, 0) is 9.53 Å².